The van der Waals surface area contributed by atoms with Gasteiger partial charge in [0.1, 0.15) is 11.8 Å². The molecule has 0 aliphatic carbocycles. The highest BCUT2D eigenvalue weighted by Crippen LogP contribution is 2.13. The fraction of sp³-hybridized carbons (Fsp3) is 0.333. The van der Waals surface area contributed by atoms with Crippen LogP contribution in [0.15, 0.2) is 54.6 Å². The van der Waals surface area contributed by atoms with Crippen molar-refractivity contribution in [3.05, 3.63) is 65.7 Å². The molecule has 2 amide bonds. The second-order valence-electron chi connectivity index (χ2n) is 6.18. The maximum atomic E-state index is 12.8. The minimum atomic E-state index is -0.580. The highest BCUT2D eigenvalue weighted by molar-refractivity contribution is 5.87. The van der Waals surface area contributed by atoms with Crippen molar-refractivity contribution in [2.75, 3.05) is 13.2 Å². The Kier molecular flexibility index (Phi) is 7.21. The van der Waals surface area contributed by atoms with Crippen LogP contribution in [-0.4, -0.2) is 35.9 Å². The summed E-state index contributed by atoms with van der Waals surface area (Å²) in [7, 11) is 0. The summed E-state index contributed by atoms with van der Waals surface area (Å²) in [5, 5.41) is 2.78. The molecule has 0 radical (unpaired) electrons. The van der Waals surface area contributed by atoms with E-state index in [1.54, 1.807) is 24.0 Å². The van der Waals surface area contributed by atoms with Crippen LogP contribution in [0.1, 0.15) is 25.0 Å². The Labute approximate surface area is 155 Å². The van der Waals surface area contributed by atoms with Crippen molar-refractivity contribution in [3.8, 4) is 5.75 Å². The van der Waals surface area contributed by atoms with Crippen molar-refractivity contribution in [3.63, 3.8) is 0 Å². The fourth-order valence-corrected chi connectivity index (χ4v) is 2.54. The lowest BCUT2D eigenvalue weighted by Crippen LogP contribution is -2.49. The van der Waals surface area contributed by atoms with Crippen LogP contribution in [0, 0.1) is 6.92 Å². The number of benzene rings is 2. The standard InChI is InChI=1S/C21H26N2O3/c1-4-22-21(25)17(3)23(14-18-12-10-16(2)11-13-18)20(24)15-26-19-8-6-5-7-9-19/h5-13,17H,4,14-15H2,1-3H3,(H,22,25). The molecule has 0 fully saturated rings. The highest BCUT2D eigenvalue weighted by atomic mass is 16.5. The van der Waals surface area contributed by atoms with Crippen LogP contribution in [0.25, 0.3) is 0 Å². The molecule has 0 aliphatic heterocycles. The van der Waals surface area contributed by atoms with E-state index in [2.05, 4.69) is 5.32 Å². The zero-order valence-corrected chi connectivity index (χ0v) is 15.6. The van der Waals surface area contributed by atoms with E-state index in [0.29, 0.717) is 18.8 Å². The Morgan fingerprint density at radius 1 is 1.08 bits per heavy atom. The maximum Gasteiger partial charge on any atom is 0.261 e. The number of ether oxygens (including phenoxy) is 1. The van der Waals surface area contributed by atoms with E-state index < -0.39 is 6.04 Å². The third-order valence-electron chi connectivity index (χ3n) is 4.10. The smallest absolute Gasteiger partial charge is 0.261 e. The van der Waals surface area contributed by atoms with E-state index in [0.717, 1.165) is 11.1 Å². The molecule has 5 nitrogen and oxygen atoms in total. The number of likely N-dealkylation sites (N-methyl/N-ethyl adjacent to an activating group) is 1. The Morgan fingerprint density at radius 2 is 1.73 bits per heavy atom. The molecule has 0 spiro atoms. The van der Waals surface area contributed by atoms with Crippen molar-refractivity contribution in [1.82, 2.24) is 10.2 Å². The number of hydrogen-bond donors (Lipinski definition) is 1. The molecule has 0 saturated heterocycles. The van der Waals surface area contributed by atoms with Gasteiger partial charge >= 0.3 is 0 Å². The van der Waals surface area contributed by atoms with Crippen LogP contribution in [-0.2, 0) is 16.1 Å². The monoisotopic (exact) mass is 354 g/mol. The van der Waals surface area contributed by atoms with Gasteiger partial charge in [0.05, 0.1) is 0 Å². The average molecular weight is 354 g/mol. The molecule has 1 N–H and O–H groups in total. The number of carbonyl (C=O) groups excluding carboxylic acids is 2. The number of nitrogens with one attached hydrogen (secondary N) is 1. The first-order valence-corrected chi connectivity index (χ1v) is 8.81. The molecule has 0 bridgehead atoms. The highest BCUT2D eigenvalue weighted by Gasteiger charge is 2.26. The lowest BCUT2D eigenvalue weighted by molar-refractivity contribution is -0.142. The van der Waals surface area contributed by atoms with E-state index >= 15 is 0 Å². The second kappa shape index (κ2) is 9.61. The van der Waals surface area contributed by atoms with Crippen LogP contribution in [0.5, 0.6) is 5.75 Å². The van der Waals surface area contributed by atoms with Gasteiger partial charge < -0.3 is 15.0 Å². The number of hydrogen-bond acceptors (Lipinski definition) is 3. The quantitative estimate of drug-likeness (QED) is 0.793. The number of para-hydroxylation sites is 1. The SMILES string of the molecule is CCNC(=O)C(C)N(Cc1ccc(C)cc1)C(=O)COc1ccccc1. The molecule has 138 valence electrons. The predicted molar refractivity (Wildman–Crippen MR) is 102 cm³/mol. The van der Waals surface area contributed by atoms with Gasteiger partial charge in [-0.2, -0.15) is 0 Å². The molecule has 2 aromatic carbocycles. The van der Waals surface area contributed by atoms with E-state index in [-0.39, 0.29) is 18.4 Å². The Balaban J connectivity index is 2.11. The van der Waals surface area contributed by atoms with Crippen molar-refractivity contribution in [2.24, 2.45) is 0 Å². The normalized spacial score (nSPS) is 11.5. The molecule has 0 saturated carbocycles. The summed E-state index contributed by atoms with van der Waals surface area (Å²) >= 11 is 0. The Hall–Kier alpha value is -2.82. The van der Waals surface area contributed by atoms with Crippen LogP contribution in [0.4, 0.5) is 0 Å². The zero-order chi connectivity index (χ0) is 18.9. The van der Waals surface area contributed by atoms with Gasteiger partial charge in [0.2, 0.25) is 5.91 Å². The van der Waals surface area contributed by atoms with Gasteiger partial charge in [0.15, 0.2) is 6.61 Å². The molecule has 26 heavy (non-hydrogen) atoms. The van der Waals surface area contributed by atoms with Gasteiger partial charge in [0, 0.05) is 13.1 Å². The van der Waals surface area contributed by atoms with Gasteiger partial charge in [-0.15, -0.1) is 0 Å². The first kappa shape index (κ1) is 19.5. The molecule has 0 heterocycles. The van der Waals surface area contributed by atoms with Gasteiger partial charge in [0.25, 0.3) is 5.91 Å². The van der Waals surface area contributed by atoms with Crippen LogP contribution in [0.2, 0.25) is 0 Å². The maximum absolute atomic E-state index is 12.8. The minimum Gasteiger partial charge on any atom is -0.484 e. The summed E-state index contributed by atoms with van der Waals surface area (Å²) in [6.45, 7) is 6.37. The van der Waals surface area contributed by atoms with Crippen molar-refractivity contribution in [1.29, 1.82) is 0 Å². The number of aryl methyl sites for hydroxylation is 1. The van der Waals surface area contributed by atoms with Crippen LogP contribution in [0.3, 0.4) is 0 Å². The molecule has 2 aromatic rings. The molecule has 2 rings (SSSR count). The lowest BCUT2D eigenvalue weighted by atomic mass is 10.1. The first-order valence-electron chi connectivity index (χ1n) is 8.81. The fourth-order valence-electron chi connectivity index (χ4n) is 2.54. The second-order valence-corrected chi connectivity index (χ2v) is 6.18. The number of nitrogens with zero attached hydrogens (tertiary/aromatic N) is 1. The number of rotatable bonds is 8. The van der Waals surface area contributed by atoms with Crippen molar-refractivity contribution < 1.29 is 14.3 Å². The first-order chi connectivity index (χ1) is 12.5. The van der Waals surface area contributed by atoms with Gasteiger partial charge in [-0.3, -0.25) is 9.59 Å². The molecule has 0 aliphatic rings. The summed E-state index contributed by atoms with van der Waals surface area (Å²) < 4.78 is 5.57. The molecule has 1 atom stereocenters. The Bertz CT molecular complexity index is 714. The summed E-state index contributed by atoms with van der Waals surface area (Å²) in [4.78, 5) is 26.6. The lowest BCUT2D eigenvalue weighted by Gasteiger charge is -2.28. The summed E-state index contributed by atoms with van der Waals surface area (Å²) in [5.41, 5.74) is 2.12. The average Bonchev–Trinajstić information content (AvgIpc) is 2.66. The van der Waals surface area contributed by atoms with Crippen LogP contribution >= 0.6 is 0 Å². The van der Waals surface area contributed by atoms with E-state index in [4.69, 9.17) is 4.74 Å². The van der Waals surface area contributed by atoms with Crippen molar-refractivity contribution in [2.45, 2.75) is 33.4 Å². The third kappa shape index (κ3) is 5.62. The summed E-state index contributed by atoms with van der Waals surface area (Å²) in [6, 6.07) is 16.5. The number of carbonyl (C=O) groups is 2. The predicted octanol–water partition coefficient (Wildman–Crippen LogP) is 2.93. The summed E-state index contributed by atoms with van der Waals surface area (Å²) in [5.74, 6) is 0.225. The molecule has 5 heteroatoms. The van der Waals surface area contributed by atoms with Crippen molar-refractivity contribution >= 4 is 11.8 Å². The van der Waals surface area contributed by atoms with Gasteiger partial charge in [-0.1, -0.05) is 48.0 Å². The van der Waals surface area contributed by atoms with E-state index in [1.165, 1.54) is 0 Å². The third-order valence-corrected chi connectivity index (χ3v) is 4.10. The van der Waals surface area contributed by atoms with Gasteiger partial charge in [-0.05, 0) is 38.5 Å². The van der Waals surface area contributed by atoms with E-state index in [9.17, 15) is 9.59 Å². The molecular weight excluding hydrogens is 328 g/mol. The minimum absolute atomic E-state index is 0.111. The molecule has 1 unspecified atom stereocenters. The Morgan fingerprint density at radius 3 is 2.35 bits per heavy atom. The topological polar surface area (TPSA) is 58.6 Å². The van der Waals surface area contributed by atoms with E-state index in [1.807, 2.05) is 56.3 Å². The zero-order valence-electron chi connectivity index (χ0n) is 15.6. The van der Waals surface area contributed by atoms with Crippen LogP contribution < -0.4 is 10.1 Å². The molecular formula is C21H26N2O3. The number of amides is 2. The largest absolute Gasteiger partial charge is 0.484 e. The van der Waals surface area contributed by atoms with Gasteiger partial charge in [-0.25, -0.2) is 0 Å². The summed E-state index contributed by atoms with van der Waals surface area (Å²) in [6.07, 6.45) is 0. The molecule has 0 aromatic heterocycles.